The Hall–Kier alpha value is -3.10. The summed E-state index contributed by atoms with van der Waals surface area (Å²) in [6.45, 7) is 14.4. The van der Waals surface area contributed by atoms with Crippen molar-refractivity contribution in [2.75, 3.05) is 18.8 Å². The topological polar surface area (TPSA) is 171 Å². The van der Waals surface area contributed by atoms with Crippen molar-refractivity contribution in [3.63, 3.8) is 0 Å². The molecule has 1 unspecified atom stereocenters. The number of ketones is 1. The van der Waals surface area contributed by atoms with Crippen LogP contribution in [0.5, 0.6) is 0 Å². The molecule has 52 heavy (non-hydrogen) atoms. The SMILES string of the molecule is C=CCNC(=O)C(=O)C(CCC)NC(=O)[C@@H]1[C@@H]2[C@H](CN1C(=O)[C@@H](NC(=O)NC1(CS(=O)(=O)C(C)(C)C)CCCCC1)C1CCC(F)(F)CC1)C2(C)C. The van der Waals surface area contributed by atoms with Crippen molar-refractivity contribution in [3.8, 4) is 0 Å². The Bertz CT molecular complexity index is 1500. The molecule has 0 spiro atoms. The van der Waals surface area contributed by atoms with E-state index in [0.29, 0.717) is 32.1 Å². The zero-order chi connectivity index (χ0) is 38.9. The molecule has 294 valence electrons. The number of carbonyl (C=O) groups is 5. The van der Waals surface area contributed by atoms with Gasteiger partial charge in [-0.1, -0.05) is 52.5 Å². The van der Waals surface area contributed by atoms with Gasteiger partial charge in [-0.25, -0.2) is 22.0 Å². The minimum absolute atomic E-state index is 0.0385. The number of urea groups is 1. The molecule has 4 fully saturated rings. The zero-order valence-electron chi connectivity index (χ0n) is 31.6. The number of rotatable bonds is 14. The molecule has 4 rings (SSSR count). The molecule has 5 amide bonds. The lowest BCUT2D eigenvalue weighted by molar-refractivity contribution is -0.145. The molecule has 0 aromatic carbocycles. The summed E-state index contributed by atoms with van der Waals surface area (Å²) in [5, 5.41) is 10.9. The number of piperidine rings is 1. The predicted molar refractivity (Wildman–Crippen MR) is 193 cm³/mol. The highest BCUT2D eigenvalue weighted by Crippen LogP contribution is 2.65. The van der Waals surface area contributed by atoms with Crippen LogP contribution >= 0.6 is 0 Å². The first-order chi connectivity index (χ1) is 24.1. The number of hydrogen-bond acceptors (Lipinski definition) is 7. The monoisotopic (exact) mass is 755 g/mol. The highest BCUT2D eigenvalue weighted by Gasteiger charge is 2.70. The van der Waals surface area contributed by atoms with Crippen LogP contribution in [-0.4, -0.2) is 96.0 Å². The fourth-order valence-electron chi connectivity index (χ4n) is 8.53. The molecule has 4 aliphatic rings. The quantitative estimate of drug-likeness (QED) is 0.153. The van der Waals surface area contributed by atoms with Gasteiger partial charge in [0.1, 0.15) is 12.1 Å². The average Bonchev–Trinajstić information content (AvgIpc) is 3.36. The normalized spacial score (nSPS) is 26.2. The van der Waals surface area contributed by atoms with E-state index in [1.165, 1.54) is 11.0 Å². The number of halogens is 2. The van der Waals surface area contributed by atoms with Crippen molar-refractivity contribution < 1.29 is 41.2 Å². The molecule has 0 radical (unpaired) electrons. The third kappa shape index (κ3) is 9.15. The maximum absolute atomic E-state index is 14.6. The summed E-state index contributed by atoms with van der Waals surface area (Å²) in [5.74, 6) is -7.01. The van der Waals surface area contributed by atoms with Crippen molar-refractivity contribution in [3.05, 3.63) is 12.7 Å². The Balaban J connectivity index is 1.61. The van der Waals surface area contributed by atoms with Gasteiger partial charge in [0.15, 0.2) is 9.84 Å². The molecule has 3 saturated carbocycles. The lowest BCUT2D eigenvalue weighted by atomic mass is 9.81. The lowest BCUT2D eigenvalue weighted by Crippen LogP contribution is -2.63. The number of alkyl halides is 2. The Kier molecular flexibility index (Phi) is 12.6. The largest absolute Gasteiger partial charge is 0.346 e. The summed E-state index contributed by atoms with van der Waals surface area (Å²) in [4.78, 5) is 69.5. The molecule has 1 saturated heterocycles. The van der Waals surface area contributed by atoms with Gasteiger partial charge >= 0.3 is 6.03 Å². The summed E-state index contributed by atoms with van der Waals surface area (Å²) in [6, 6.07) is -4.16. The van der Waals surface area contributed by atoms with Crippen LogP contribution in [-0.2, 0) is 29.0 Å². The van der Waals surface area contributed by atoms with E-state index in [0.717, 1.165) is 6.42 Å². The minimum atomic E-state index is -3.65. The molecule has 0 bridgehead atoms. The highest BCUT2D eigenvalue weighted by atomic mass is 32.2. The Morgan fingerprint density at radius 3 is 2.15 bits per heavy atom. The van der Waals surface area contributed by atoms with Gasteiger partial charge in [-0.05, 0) is 76.0 Å². The molecular formula is C37H59F2N5O7S. The van der Waals surface area contributed by atoms with Gasteiger partial charge in [0.05, 0.1) is 22.1 Å². The van der Waals surface area contributed by atoms with Gasteiger partial charge in [-0.15, -0.1) is 6.58 Å². The Labute approximate surface area is 307 Å². The van der Waals surface area contributed by atoms with Crippen molar-refractivity contribution in [2.24, 2.45) is 23.2 Å². The van der Waals surface area contributed by atoms with Crippen LogP contribution in [0.15, 0.2) is 12.7 Å². The molecule has 0 aromatic heterocycles. The fraction of sp³-hybridized carbons (Fsp3) is 0.811. The molecule has 3 aliphatic carbocycles. The maximum atomic E-state index is 14.6. The van der Waals surface area contributed by atoms with Crippen LogP contribution in [0.3, 0.4) is 0 Å². The molecule has 12 nitrogen and oxygen atoms in total. The molecule has 0 aromatic rings. The third-order valence-electron chi connectivity index (χ3n) is 12.0. The number of sulfone groups is 1. The number of nitrogens with zero attached hydrogens (tertiary/aromatic N) is 1. The van der Waals surface area contributed by atoms with E-state index >= 15 is 0 Å². The van der Waals surface area contributed by atoms with Crippen molar-refractivity contribution in [2.45, 2.75) is 147 Å². The van der Waals surface area contributed by atoms with E-state index in [9.17, 15) is 41.2 Å². The maximum Gasteiger partial charge on any atom is 0.315 e. The minimum Gasteiger partial charge on any atom is -0.346 e. The lowest BCUT2D eigenvalue weighted by Gasteiger charge is -2.41. The zero-order valence-corrected chi connectivity index (χ0v) is 32.4. The first-order valence-corrected chi connectivity index (χ1v) is 20.5. The standard InChI is InChI=1S/C37H59F2N5O7S/c1-8-13-25(29(45)31(47)40-20-9-2)41-30(46)28-26-24(35(26,6)7)21-44(28)32(48)27(23-14-18-37(38,39)19-15-23)42-33(49)43-36(16-11-10-12-17-36)22-52(50,51)34(3,4)5/h9,23-28H,2,8,10-22H2,1,3-7H3,(H,40,47)(H,41,46)(H2,42,43,49)/t24-,25?,26-,27-,28-/m0/s1. The van der Waals surface area contributed by atoms with Crippen molar-refractivity contribution in [1.82, 2.24) is 26.2 Å². The average molecular weight is 756 g/mol. The number of hydrogen-bond donors (Lipinski definition) is 4. The first-order valence-electron chi connectivity index (χ1n) is 18.8. The number of likely N-dealkylation sites (tertiary alicyclic amines) is 1. The van der Waals surface area contributed by atoms with Crippen LogP contribution in [0, 0.1) is 23.2 Å². The summed E-state index contributed by atoms with van der Waals surface area (Å²) < 4.78 is 54.3. The fourth-order valence-corrected chi connectivity index (χ4v) is 10.0. The highest BCUT2D eigenvalue weighted by molar-refractivity contribution is 7.92. The number of Topliss-reactive ketones (excluding diaryl/α,β-unsaturated/α-hetero) is 1. The predicted octanol–water partition coefficient (Wildman–Crippen LogP) is 4.04. The summed E-state index contributed by atoms with van der Waals surface area (Å²) >= 11 is 0. The van der Waals surface area contributed by atoms with E-state index in [-0.39, 0.29) is 55.4 Å². The van der Waals surface area contributed by atoms with Crippen LogP contribution in [0.4, 0.5) is 13.6 Å². The molecule has 1 aliphatic heterocycles. The van der Waals surface area contributed by atoms with Gasteiger partial charge in [-0.3, -0.25) is 19.2 Å². The van der Waals surface area contributed by atoms with Gasteiger partial charge < -0.3 is 26.2 Å². The number of nitrogens with one attached hydrogen (secondary N) is 4. The third-order valence-corrected chi connectivity index (χ3v) is 14.8. The second-order valence-electron chi connectivity index (χ2n) is 17.1. The molecule has 5 atom stereocenters. The van der Waals surface area contributed by atoms with Crippen LogP contribution < -0.4 is 21.3 Å². The van der Waals surface area contributed by atoms with E-state index in [1.807, 2.05) is 20.8 Å². The summed E-state index contributed by atoms with van der Waals surface area (Å²) in [7, 11) is -3.65. The number of amides is 5. The summed E-state index contributed by atoms with van der Waals surface area (Å²) in [5.41, 5.74) is -1.37. The smallest absolute Gasteiger partial charge is 0.315 e. The van der Waals surface area contributed by atoms with E-state index in [2.05, 4.69) is 27.8 Å². The van der Waals surface area contributed by atoms with Crippen LogP contribution in [0.25, 0.3) is 0 Å². The Morgan fingerprint density at radius 2 is 1.60 bits per heavy atom. The van der Waals surface area contributed by atoms with E-state index in [1.54, 1.807) is 20.8 Å². The van der Waals surface area contributed by atoms with Gasteiger partial charge in [0.25, 0.3) is 5.91 Å². The number of carbonyl (C=O) groups excluding carboxylic acids is 5. The molecular weight excluding hydrogens is 696 g/mol. The van der Waals surface area contributed by atoms with Crippen LogP contribution in [0.2, 0.25) is 0 Å². The second kappa shape index (κ2) is 15.7. The van der Waals surface area contributed by atoms with Crippen molar-refractivity contribution >= 4 is 39.4 Å². The Morgan fingerprint density at radius 1 is 0.981 bits per heavy atom. The summed E-state index contributed by atoms with van der Waals surface area (Å²) in [6.07, 6.45) is 4.27. The van der Waals surface area contributed by atoms with Gasteiger partial charge in [0.2, 0.25) is 23.5 Å². The first kappa shape index (κ1) is 41.7. The second-order valence-corrected chi connectivity index (χ2v) is 19.8. The van der Waals surface area contributed by atoms with Crippen LogP contribution in [0.1, 0.15) is 112 Å². The van der Waals surface area contributed by atoms with Gasteiger partial charge in [0, 0.05) is 25.9 Å². The van der Waals surface area contributed by atoms with E-state index < -0.39 is 92.5 Å². The number of fused-ring (bicyclic) bond motifs is 1. The van der Waals surface area contributed by atoms with Gasteiger partial charge in [-0.2, -0.15) is 0 Å². The molecule has 1 heterocycles. The molecule has 15 heteroatoms. The van der Waals surface area contributed by atoms with E-state index in [4.69, 9.17) is 0 Å². The van der Waals surface area contributed by atoms with Crippen molar-refractivity contribution in [1.29, 1.82) is 0 Å². The molecule has 4 N–H and O–H groups in total.